The van der Waals surface area contributed by atoms with Crippen molar-refractivity contribution in [3.8, 4) is 0 Å². The van der Waals surface area contributed by atoms with Crippen molar-refractivity contribution in [3.63, 3.8) is 0 Å². The zero-order chi connectivity index (χ0) is 9.90. The zero-order valence-corrected chi connectivity index (χ0v) is 6.51. The molecular weight excluding hydrogens is 185 g/mol. The van der Waals surface area contributed by atoms with Crippen LogP contribution in [0.2, 0.25) is 0 Å². The van der Waals surface area contributed by atoms with Crippen molar-refractivity contribution in [2.45, 2.75) is 6.05 Å². The van der Waals surface area contributed by atoms with Gasteiger partial charge < -0.3 is 4.90 Å². The van der Waals surface area contributed by atoms with Crippen LogP contribution in [0.15, 0.2) is 24.4 Å². The molecule has 0 aromatic carbocycles. The lowest BCUT2D eigenvalue weighted by Gasteiger charge is -2.27. The second kappa shape index (κ2) is 3.51. The fourth-order valence-electron chi connectivity index (χ4n) is 0.863. The molecule has 0 fully saturated rings. The Labute approximate surface area is 72.4 Å². The minimum absolute atomic E-state index is 0.128. The lowest BCUT2D eigenvalue weighted by atomic mass is 10.3. The number of nitrogens with zero attached hydrogens (tertiary/aromatic N) is 1. The number of hydrogen-bond acceptors (Lipinski definition) is 2. The van der Waals surface area contributed by atoms with Crippen LogP contribution in [0.5, 0.6) is 0 Å². The van der Waals surface area contributed by atoms with Crippen molar-refractivity contribution in [2.24, 2.45) is 0 Å². The van der Waals surface area contributed by atoms with Gasteiger partial charge in [0.05, 0.1) is 0 Å². The van der Waals surface area contributed by atoms with E-state index in [0.717, 1.165) is 6.20 Å². The first kappa shape index (κ1) is 9.63. The highest BCUT2D eigenvalue weighted by molar-refractivity contribution is 5.82. The third-order valence-electron chi connectivity index (χ3n) is 1.54. The lowest BCUT2D eigenvalue weighted by molar-refractivity contribution is -0.173. The Hall–Kier alpha value is -1.46. The summed E-state index contributed by atoms with van der Waals surface area (Å²) in [7, 11) is 0. The Balaban J connectivity index is 2.74. The molecule has 1 heterocycles. The smallest absolute Gasteiger partial charge is 0.308 e. The molecule has 0 aromatic rings. The normalized spacial score (nSPS) is 16.1. The third-order valence-corrected chi connectivity index (χ3v) is 1.54. The zero-order valence-electron chi connectivity index (χ0n) is 6.51. The largest absolute Gasteiger partial charge is 0.406 e. The van der Waals surface area contributed by atoms with Crippen LogP contribution in [0.1, 0.15) is 0 Å². The standard InChI is InChI=1S/C7H7F3N2O/c8-7(9,6(13)11-10)12-4-2-1-3-5-12/h1-4H,5H2,(H,11,13). The molecule has 1 N–H and O–H groups in total. The third kappa shape index (κ3) is 1.82. The summed E-state index contributed by atoms with van der Waals surface area (Å²) in [5.74, 6) is -1.97. The van der Waals surface area contributed by atoms with Gasteiger partial charge in [0.25, 0.3) is 0 Å². The summed E-state index contributed by atoms with van der Waals surface area (Å²) >= 11 is 0. The van der Waals surface area contributed by atoms with Crippen molar-refractivity contribution in [1.82, 2.24) is 10.4 Å². The molecule has 0 bridgehead atoms. The average molecular weight is 192 g/mol. The highest BCUT2D eigenvalue weighted by atomic mass is 19.3. The van der Waals surface area contributed by atoms with Gasteiger partial charge in [-0.05, 0) is 6.08 Å². The number of allylic oxidation sites excluding steroid dienone is 2. The van der Waals surface area contributed by atoms with Crippen LogP contribution in [-0.4, -0.2) is 23.4 Å². The molecule has 1 aliphatic heterocycles. The number of amides is 1. The Morgan fingerprint density at radius 2 is 2.15 bits per heavy atom. The average Bonchev–Trinajstić information content (AvgIpc) is 2.18. The number of halogens is 3. The van der Waals surface area contributed by atoms with E-state index in [-0.39, 0.29) is 6.54 Å². The maximum atomic E-state index is 12.9. The molecule has 13 heavy (non-hydrogen) atoms. The fraction of sp³-hybridized carbons (Fsp3) is 0.286. The van der Waals surface area contributed by atoms with Crippen LogP contribution in [0.4, 0.5) is 13.3 Å². The first-order valence-electron chi connectivity index (χ1n) is 3.48. The predicted molar refractivity (Wildman–Crippen MR) is 39.2 cm³/mol. The minimum atomic E-state index is -3.85. The Bertz CT molecular complexity index is 262. The summed E-state index contributed by atoms with van der Waals surface area (Å²) in [6, 6.07) is -3.85. The maximum absolute atomic E-state index is 12.9. The summed E-state index contributed by atoms with van der Waals surface area (Å²) in [5.41, 5.74) is 0.414. The number of carbonyl (C=O) groups excluding carboxylic acids is 1. The topological polar surface area (TPSA) is 32.3 Å². The number of rotatable bonds is 2. The summed E-state index contributed by atoms with van der Waals surface area (Å²) in [4.78, 5) is 10.8. The van der Waals surface area contributed by atoms with Crippen LogP contribution in [0.3, 0.4) is 0 Å². The van der Waals surface area contributed by atoms with Gasteiger partial charge in [-0.3, -0.25) is 4.79 Å². The van der Waals surface area contributed by atoms with E-state index in [1.165, 1.54) is 12.2 Å². The van der Waals surface area contributed by atoms with Crippen LogP contribution in [-0.2, 0) is 4.79 Å². The van der Waals surface area contributed by atoms with Gasteiger partial charge in [0.15, 0.2) is 0 Å². The van der Waals surface area contributed by atoms with Gasteiger partial charge >= 0.3 is 12.0 Å². The quantitative estimate of drug-likeness (QED) is 0.522. The van der Waals surface area contributed by atoms with E-state index in [9.17, 15) is 18.1 Å². The molecule has 1 rings (SSSR count). The first-order valence-corrected chi connectivity index (χ1v) is 3.48. The fourth-order valence-corrected chi connectivity index (χ4v) is 0.863. The van der Waals surface area contributed by atoms with E-state index >= 15 is 0 Å². The molecule has 0 aliphatic carbocycles. The van der Waals surface area contributed by atoms with Gasteiger partial charge in [-0.2, -0.15) is 14.3 Å². The van der Waals surface area contributed by atoms with E-state index in [2.05, 4.69) is 0 Å². The highest BCUT2D eigenvalue weighted by Gasteiger charge is 2.44. The molecule has 0 spiro atoms. The van der Waals surface area contributed by atoms with Gasteiger partial charge in [-0.1, -0.05) is 12.2 Å². The Morgan fingerprint density at radius 1 is 1.46 bits per heavy atom. The van der Waals surface area contributed by atoms with E-state index in [1.54, 1.807) is 6.08 Å². The van der Waals surface area contributed by atoms with Gasteiger partial charge in [0.1, 0.15) is 0 Å². The van der Waals surface area contributed by atoms with E-state index < -0.39 is 12.0 Å². The summed E-state index contributed by atoms with van der Waals surface area (Å²) in [6.45, 7) is -0.128. The van der Waals surface area contributed by atoms with Crippen molar-refractivity contribution in [1.29, 1.82) is 0 Å². The van der Waals surface area contributed by atoms with E-state index in [4.69, 9.17) is 0 Å². The molecule has 0 saturated heterocycles. The van der Waals surface area contributed by atoms with Crippen LogP contribution in [0, 0.1) is 0 Å². The first-order chi connectivity index (χ1) is 6.09. The number of hydrogen-bond donors (Lipinski definition) is 1. The van der Waals surface area contributed by atoms with Crippen LogP contribution >= 0.6 is 0 Å². The van der Waals surface area contributed by atoms with Crippen molar-refractivity contribution < 1.29 is 18.1 Å². The van der Waals surface area contributed by atoms with Gasteiger partial charge in [-0.25, -0.2) is 0 Å². The summed E-state index contributed by atoms with van der Waals surface area (Å²) in [5, 5.41) is 0. The Morgan fingerprint density at radius 3 is 2.62 bits per heavy atom. The van der Waals surface area contributed by atoms with Gasteiger partial charge in [0, 0.05) is 12.7 Å². The molecule has 3 nitrogen and oxygen atoms in total. The lowest BCUT2D eigenvalue weighted by Crippen LogP contribution is -2.49. The van der Waals surface area contributed by atoms with Gasteiger partial charge in [-0.15, -0.1) is 4.48 Å². The van der Waals surface area contributed by atoms with Crippen LogP contribution < -0.4 is 5.54 Å². The number of carbonyl (C=O) groups is 1. The SMILES string of the molecule is O=C(NF)C(F)(F)N1C=CC=CC1. The molecule has 72 valence electrons. The summed E-state index contributed by atoms with van der Waals surface area (Å²) in [6.07, 6.45) is 5.34. The van der Waals surface area contributed by atoms with Crippen molar-refractivity contribution >= 4 is 5.91 Å². The number of nitrogens with one attached hydrogen (secondary N) is 1. The van der Waals surface area contributed by atoms with Gasteiger partial charge in [0.2, 0.25) is 0 Å². The van der Waals surface area contributed by atoms with Crippen molar-refractivity contribution in [2.75, 3.05) is 6.54 Å². The number of alkyl halides is 2. The second-order valence-corrected chi connectivity index (χ2v) is 2.39. The maximum Gasteiger partial charge on any atom is 0.406 e. The van der Waals surface area contributed by atoms with Crippen LogP contribution in [0.25, 0.3) is 0 Å². The molecule has 0 unspecified atom stereocenters. The second-order valence-electron chi connectivity index (χ2n) is 2.39. The Kier molecular flexibility index (Phi) is 2.60. The molecule has 1 amide bonds. The molecule has 6 heteroatoms. The van der Waals surface area contributed by atoms with E-state index in [0.29, 0.717) is 10.4 Å². The monoisotopic (exact) mass is 192 g/mol. The highest BCUT2D eigenvalue weighted by Crippen LogP contribution is 2.21. The molecule has 0 radical (unpaired) electrons. The molecule has 0 atom stereocenters. The predicted octanol–water partition coefficient (Wildman–Crippen LogP) is 0.965. The van der Waals surface area contributed by atoms with E-state index in [1.807, 2.05) is 0 Å². The molecular formula is C7H7F3N2O. The minimum Gasteiger partial charge on any atom is -0.308 e. The molecule has 0 saturated carbocycles. The molecule has 1 aliphatic rings. The van der Waals surface area contributed by atoms with Crippen molar-refractivity contribution in [3.05, 3.63) is 24.4 Å². The summed E-state index contributed by atoms with van der Waals surface area (Å²) < 4.78 is 37.3. The molecule has 0 aromatic heterocycles.